The van der Waals surface area contributed by atoms with Crippen molar-refractivity contribution in [2.24, 2.45) is 11.8 Å². The van der Waals surface area contributed by atoms with Gasteiger partial charge in [-0.1, -0.05) is 25.7 Å². The Morgan fingerprint density at radius 1 is 1.32 bits per heavy atom. The first-order chi connectivity index (χ1) is 12.2. The molecule has 0 N–H and O–H groups in total. The van der Waals surface area contributed by atoms with Gasteiger partial charge in [-0.2, -0.15) is 15.7 Å². The molecule has 132 valence electrons. The topological polar surface area (TPSA) is 38.3 Å². The Balaban J connectivity index is 1.53. The summed E-state index contributed by atoms with van der Waals surface area (Å²) < 4.78 is 15.3. The molecular formula is C19H23N3OS2. The van der Waals surface area contributed by atoms with Crippen molar-refractivity contribution in [1.29, 1.82) is 0 Å². The number of nitrogens with zero attached hydrogens (tertiary/aromatic N) is 3. The van der Waals surface area contributed by atoms with E-state index in [9.17, 15) is 0 Å². The predicted octanol–water partition coefficient (Wildman–Crippen LogP) is 3.86. The quantitative estimate of drug-likeness (QED) is 0.763. The van der Waals surface area contributed by atoms with Gasteiger partial charge in [0.25, 0.3) is 5.88 Å². The van der Waals surface area contributed by atoms with Crippen LogP contribution in [-0.4, -0.2) is 39.4 Å². The van der Waals surface area contributed by atoms with Gasteiger partial charge in [-0.3, -0.25) is 0 Å². The highest BCUT2D eigenvalue weighted by molar-refractivity contribution is 7.08. The third-order valence-electron chi connectivity index (χ3n) is 5.12. The second-order valence-corrected chi connectivity index (χ2v) is 8.60. The molecule has 6 heteroatoms. The SMILES string of the molecule is CC(C)C(C#Cc1ccsc1)Oc1nsnc1[C@H]1CN2CCC[C@H]1C2. The molecule has 4 heterocycles. The van der Waals surface area contributed by atoms with Gasteiger partial charge in [-0.15, -0.1) is 4.37 Å². The molecule has 2 aliphatic rings. The fourth-order valence-electron chi connectivity index (χ4n) is 3.76. The first kappa shape index (κ1) is 17.0. The van der Waals surface area contributed by atoms with Crippen LogP contribution in [-0.2, 0) is 0 Å². The van der Waals surface area contributed by atoms with Crippen LogP contribution in [0, 0.1) is 23.7 Å². The predicted molar refractivity (Wildman–Crippen MR) is 102 cm³/mol. The summed E-state index contributed by atoms with van der Waals surface area (Å²) in [6.07, 6.45) is 2.43. The number of hydrogen-bond acceptors (Lipinski definition) is 6. The Kier molecular flexibility index (Phi) is 5.07. The maximum atomic E-state index is 6.25. The average Bonchev–Trinajstić information content (AvgIpc) is 3.32. The molecule has 0 spiro atoms. The Hall–Kier alpha value is -1.42. The van der Waals surface area contributed by atoms with Crippen LogP contribution in [0.4, 0.5) is 0 Å². The molecule has 2 fully saturated rings. The third-order valence-corrected chi connectivity index (χ3v) is 6.33. The van der Waals surface area contributed by atoms with Gasteiger partial charge in [-0.05, 0) is 36.8 Å². The van der Waals surface area contributed by atoms with E-state index in [4.69, 9.17) is 4.74 Å². The maximum absolute atomic E-state index is 6.25. The first-order valence-electron chi connectivity index (χ1n) is 8.96. The monoisotopic (exact) mass is 373 g/mol. The molecule has 4 rings (SSSR count). The van der Waals surface area contributed by atoms with E-state index in [1.807, 2.05) is 11.4 Å². The maximum Gasteiger partial charge on any atom is 0.250 e. The van der Waals surface area contributed by atoms with Crippen LogP contribution in [0.3, 0.4) is 0 Å². The van der Waals surface area contributed by atoms with Gasteiger partial charge in [-0.25, -0.2) is 0 Å². The Morgan fingerprint density at radius 3 is 3.00 bits per heavy atom. The lowest BCUT2D eigenvalue weighted by molar-refractivity contribution is 0.196. The van der Waals surface area contributed by atoms with Gasteiger partial charge in [0.1, 0.15) is 5.69 Å². The summed E-state index contributed by atoms with van der Waals surface area (Å²) in [5.41, 5.74) is 2.11. The summed E-state index contributed by atoms with van der Waals surface area (Å²) in [6, 6.07) is 2.04. The van der Waals surface area contributed by atoms with Gasteiger partial charge in [0.05, 0.1) is 11.7 Å². The van der Waals surface area contributed by atoms with Gasteiger partial charge < -0.3 is 9.64 Å². The minimum absolute atomic E-state index is 0.163. The zero-order valence-corrected chi connectivity index (χ0v) is 16.3. The second-order valence-electron chi connectivity index (χ2n) is 7.29. The highest BCUT2D eigenvalue weighted by atomic mass is 32.1. The highest BCUT2D eigenvalue weighted by Gasteiger charge is 2.39. The number of fused-ring (bicyclic) bond motifs is 2. The number of thiophene rings is 1. The summed E-state index contributed by atoms with van der Waals surface area (Å²) in [6.45, 7) is 7.80. The molecule has 4 nitrogen and oxygen atoms in total. The average molecular weight is 374 g/mol. The van der Waals surface area contributed by atoms with Gasteiger partial charge in [0, 0.05) is 35.9 Å². The van der Waals surface area contributed by atoms with Crippen molar-refractivity contribution >= 4 is 23.1 Å². The van der Waals surface area contributed by atoms with Crippen LogP contribution >= 0.6 is 23.1 Å². The molecule has 2 unspecified atom stereocenters. The van der Waals surface area contributed by atoms with E-state index < -0.39 is 0 Å². The van der Waals surface area contributed by atoms with Crippen molar-refractivity contribution in [3.63, 3.8) is 0 Å². The lowest BCUT2D eigenvalue weighted by atomic mass is 9.89. The van der Waals surface area contributed by atoms with E-state index in [0.29, 0.717) is 23.6 Å². The first-order valence-corrected chi connectivity index (χ1v) is 10.6. The van der Waals surface area contributed by atoms with Crippen LogP contribution in [0.15, 0.2) is 16.8 Å². The lowest BCUT2D eigenvalue weighted by Gasteiger charge is -2.22. The van der Waals surface area contributed by atoms with Crippen LogP contribution in [0.1, 0.15) is 43.9 Å². The summed E-state index contributed by atoms with van der Waals surface area (Å²) in [4.78, 5) is 2.55. The van der Waals surface area contributed by atoms with Crippen molar-refractivity contribution < 1.29 is 4.74 Å². The molecule has 2 aliphatic heterocycles. The van der Waals surface area contributed by atoms with Crippen LogP contribution in [0.25, 0.3) is 0 Å². The second kappa shape index (κ2) is 7.45. The summed E-state index contributed by atoms with van der Waals surface area (Å²) in [5.74, 6) is 8.69. The van der Waals surface area contributed by atoms with E-state index in [1.54, 1.807) is 11.3 Å². The molecule has 2 bridgehead atoms. The fourth-order valence-corrected chi connectivity index (χ4v) is 4.90. The summed E-state index contributed by atoms with van der Waals surface area (Å²) >= 11 is 2.93. The molecule has 0 saturated carbocycles. The molecule has 0 amide bonds. The third kappa shape index (κ3) is 3.74. The zero-order chi connectivity index (χ0) is 17.2. The molecular weight excluding hydrogens is 350 g/mol. The molecule has 25 heavy (non-hydrogen) atoms. The van der Waals surface area contributed by atoms with E-state index in [1.165, 1.54) is 37.7 Å². The number of ether oxygens (including phenoxy) is 1. The smallest absolute Gasteiger partial charge is 0.250 e. The summed E-state index contributed by atoms with van der Waals surface area (Å²) in [7, 11) is 0. The molecule has 2 saturated heterocycles. The van der Waals surface area contributed by atoms with E-state index in [0.717, 1.165) is 17.8 Å². The lowest BCUT2D eigenvalue weighted by Crippen LogP contribution is -2.25. The fraction of sp³-hybridized carbons (Fsp3) is 0.579. The number of piperidine rings is 1. The molecule has 4 atom stereocenters. The Labute approximate surface area is 157 Å². The van der Waals surface area contributed by atoms with Gasteiger partial charge in [0.15, 0.2) is 6.10 Å². The van der Waals surface area contributed by atoms with Crippen molar-refractivity contribution in [1.82, 2.24) is 13.6 Å². The van der Waals surface area contributed by atoms with E-state index in [2.05, 4.69) is 44.7 Å². The van der Waals surface area contributed by atoms with Crippen LogP contribution in [0.2, 0.25) is 0 Å². The molecule has 0 radical (unpaired) electrons. The Morgan fingerprint density at radius 2 is 2.24 bits per heavy atom. The van der Waals surface area contributed by atoms with Gasteiger partial charge in [0.2, 0.25) is 0 Å². The zero-order valence-electron chi connectivity index (χ0n) is 14.6. The van der Waals surface area contributed by atoms with Crippen LogP contribution in [0.5, 0.6) is 5.88 Å². The minimum Gasteiger partial charge on any atom is -0.459 e. The summed E-state index contributed by atoms with van der Waals surface area (Å²) in [5, 5.41) is 4.11. The largest absolute Gasteiger partial charge is 0.459 e. The highest BCUT2D eigenvalue weighted by Crippen LogP contribution is 2.41. The van der Waals surface area contributed by atoms with Crippen molar-refractivity contribution in [2.45, 2.75) is 38.7 Å². The normalized spacial score (nSPS) is 26.3. The van der Waals surface area contributed by atoms with Crippen molar-refractivity contribution in [3.8, 4) is 17.7 Å². The van der Waals surface area contributed by atoms with Crippen LogP contribution < -0.4 is 4.74 Å². The van der Waals surface area contributed by atoms with Crippen molar-refractivity contribution in [2.75, 3.05) is 19.6 Å². The standard InChI is InChI=1S/C19H23N3OS2/c1-13(2)17(6-5-14-7-9-24-12-14)23-19-18(20-25-21-19)16-11-22-8-3-4-15(16)10-22/h7,9,12-13,15-17H,3-4,8,10-11H2,1-2H3/t15-,16-,17?/m0/s1. The number of aromatic nitrogens is 2. The number of hydrogen-bond donors (Lipinski definition) is 0. The minimum atomic E-state index is -0.163. The van der Waals surface area contributed by atoms with Crippen molar-refractivity contribution in [3.05, 3.63) is 28.1 Å². The van der Waals surface area contributed by atoms with Gasteiger partial charge >= 0.3 is 0 Å². The molecule has 2 aromatic rings. The van der Waals surface area contributed by atoms with E-state index >= 15 is 0 Å². The molecule has 0 aromatic carbocycles. The Bertz CT molecular complexity index is 759. The number of rotatable bonds is 4. The van der Waals surface area contributed by atoms with E-state index in [-0.39, 0.29) is 6.10 Å². The molecule has 2 aromatic heterocycles. The molecule has 0 aliphatic carbocycles.